The van der Waals surface area contributed by atoms with Crippen LogP contribution in [-0.4, -0.2) is 23.9 Å². The summed E-state index contributed by atoms with van der Waals surface area (Å²) in [5.41, 5.74) is 0.228. The average Bonchev–Trinajstić information content (AvgIpc) is 3.28. The number of amides is 2. The maximum Gasteiger partial charge on any atom is 0.250 e. The van der Waals surface area contributed by atoms with Crippen molar-refractivity contribution in [3.05, 3.63) is 29.8 Å². The highest BCUT2D eigenvalue weighted by molar-refractivity contribution is 6.08. The van der Waals surface area contributed by atoms with Crippen LogP contribution in [0.25, 0.3) is 0 Å². The van der Waals surface area contributed by atoms with E-state index in [-0.39, 0.29) is 23.4 Å². The van der Waals surface area contributed by atoms with Crippen molar-refractivity contribution in [2.75, 3.05) is 4.90 Å². The zero-order chi connectivity index (χ0) is 15.1. The molecule has 0 radical (unpaired) electrons. The summed E-state index contributed by atoms with van der Waals surface area (Å²) in [7, 11) is 0. The summed E-state index contributed by atoms with van der Waals surface area (Å²) in [6, 6.07) is 2.05. The third-order valence-electron chi connectivity index (χ3n) is 4.08. The summed E-state index contributed by atoms with van der Waals surface area (Å²) < 4.78 is 26.5. The van der Waals surface area contributed by atoms with Gasteiger partial charge >= 0.3 is 0 Å². The first kappa shape index (κ1) is 14.0. The van der Waals surface area contributed by atoms with Crippen molar-refractivity contribution in [3.63, 3.8) is 0 Å². The Hall–Kier alpha value is -1.98. The highest BCUT2D eigenvalue weighted by Crippen LogP contribution is 2.36. The summed E-state index contributed by atoms with van der Waals surface area (Å²) >= 11 is 0. The first-order chi connectivity index (χ1) is 10.0. The highest BCUT2D eigenvalue weighted by Gasteiger charge is 2.46. The Bertz CT molecular complexity index is 601. The predicted octanol–water partition coefficient (Wildman–Crippen LogP) is 1.98. The van der Waals surface area contributed by atoms with Crippen LogP contribution < -0.4 is 10.2 Å². The summed E-state index contributed by atoms with van der Waals surface area (Å²) in [6.45, 7) is 1.78. The molecular weight excluding hydrogens is 278 g/mol. The van der Waals surface area contributed by atoms with Crippen molar-refractivity contribution in [3.8, 4) is 0 Å². The number of hydrogen-bond donors (Lipinski definition) is 1. The second-order valence-electron chi connectivity index (χ2n) is 5.55. The molecule has 2 aliphatic rings. The normalized spacial score (nSPS) is 26.0. The van der Waals surface area contributed by atoms with Gasteiger partial charge < -0.3 is 5.32 Å². The number of nitrogens with zero attached hydrogens (tertiary/aromatic N) is 1. The maximum atomic E-state index is 13.4. The van der Waals surface area contributed by atoms with Gasteiger partial charge in [-0.2, -0.15) is 0 Å². The van der Waals surface area contributed by atoms with E-state index in [0.717, 1.165) is 25.0 Å². The molecule has 1 saturated heterocycles. The van der Waals surface area contributed by atoms with Crippen molar-refractivity contribution in [1.29, 1.82) is 0 Å². The molecule has 1 aromatic rings. The fourth-order valence-corrected chi connectivity index (χ4v) is 2.79. The van der Waals surface area contributed by atoms with E-state index < -0.39 is 23.7 Å². The van der Waals surface area contributed by atoms with E-state index in [1.54, 1.807) is 6.92 Å². The van der Waals surface area contributed by atoms with Crippen LogP contribution in [0.3, 0.4) is 0 Å². The lowest BCUT2D eigenvalue weighted by molar-refractivity contribution is -0.134. The van der Waals surface area contributed by atoms with Crippen LogP contribution in [0.5, 0.6) is 0 Å². The van der Waals surface area contributed by atoms with Crippen LogP contribution in [0.15, 0.2) is 18.2 Å². The molecule has 0 spiro atoms. The summed E-state index contributed by atoms with van der Waals surface area (Å²) in [5.74, 6) is -2.32. The molecule has 0 aromatic heterocycles. The van der Waals surface area contributed by atoms with E-state index in [1.807, 2.05) is 0 Å². The van der Waals surface area contributed by atoms with Crippen LogP contribution in [0, 0.1) is 17.6 Å². The van der Waals surface area contributed by atoms with Crippen molar-refractivity contribution in [2.45, 2.75) is 38.3 Å². The van der Waals surface area contributed by atoms with Gasteiger partial charge in [-0.05, 0) is 37.3 Å². The molecule has 112 valence electrons. The minimum atomic E-state index is -1.02. The summed E-state index contributed by atoms with van der Waals surface area (Å²) in [5, 5.41) is 2.76. The van der Waals surface area contributed by atoms with Crippen molar-refractivity contribution < 1.29 is 18.4 Å². The van der Waals surface area contributed by atoms with Gasteiger partial charge in [0.25, 0.3) is 5.91 Å². The number of benzene rings is 1. The predicted molar refractivity (Wildman–Crippen MR) is 72.6 cm³/mol. The molecule has 1 aromatic carbocycles. The molecule has 1 N–H and O–H groups in total. The van der Waals surface area contributed by atoms with Crippen molar-refractivity contribution in [2.24, 2.45) is 5.92 Å². The zero-order valence-corrected chi connectivity index (χ0v) is 11.6. The molecule has 21 heavy (non-hydrogen) atoms. The van der Waals surface area contributed by atoms with Gasteiger partial charge in [0.1, 0.15) is 12.1 Å². The molecule has 2 amide bonds. The molecule has 1 aliphatic carbocycles. The number of hydrogen-bond acceptors (Lipinski definition) is 2. The topological polar surface area (TPSA) is 49.4 Å². The Morgan fingerprint density at radius 3 is 2.52 bits per heavy atom. The lowest BCUT2D eigenvalue weighted by Crippen LogP contribution is -2.64. The number of nitrogens with one attached hydrogen (secondary N) is 1. The van der Waals surface area contributed by atoms with Gasteiger partial charge in [0.2, 0.25) is 5.91 Å². The Kier molecular flexibility index (Phi) is 3.39. The Labute approximate surface area is 121 Å². The minimum Gasteiger partial charge on any atom is -0.342 e. The van der Waals surface area contributed by atoms with E-state index in [9.17, 15) is 18.4 Å². The fraction of sp³-hybridized carbons (Fsp3) is 0.467. The molecule has 2 fully saturated rings. The Morgan fingerprint density at radius 2 is 1.95 bits per heavy atom. The number of carbonyl (C=O) groups is 2. The Morgan fingerprint density at radius 1 is 1.24 bits per heavy atom. The molecule has 1 saturated carbocycles. The van der Waals surface area contributed by atoms with Crippen LogP contribution in [-0.2, 0) is 9.59 Å². The van der Waals surface area contributed by atoms with Gasteiger partial charge in [0.15, 0.2) is 11.6 Å². The molecule has 6 heteroatoms. The van der Waals surface area contributed by atoms with Gasteiger partial charge in [-0.15, -0.1) is 0 Å². The maximum absolute atomic E-state index is 13.4. The van der Waals surface area contributed by atoms with Crippen molar-refractivity contribution in [1.82, 2.24) is 5.32 Å². The number of piperazine rings is 1. The zero-order valence-electron chi connectivity index (χ0n) is 11.6. The number of halogens is 2. The minimum absolute atomic E-state index is 0.159. The van der Waals surface area contributed by atoms with E-state index >= 15 is 0 Å². The van der Waals surface area contributed by atoms with Gasteiger partial charge in [0, 0.05) is 11.8 Å². The van der Waals surface area contributed by atoms with E-state index in [4.69, 9.17) is 0 Å². The lowest BCUT2D eigenvalue weighted by Gasteiger charge is -2.38. The quantitative estimate of drug-likeness (QED) is 0.927. The molecule has 0 bridgehead atoms. The first-order valence-electron chi connectivity index (χ1n) is 7.11. The van der Waals surface area contributed by atoms with Crippen LogP contribution in [0.2, 0.25) is 0 Å². The fourth-order valence-electron chi connectivity index (χ4n) is 2.79. The highest BCUT2D eigenvalue weighted by atomic mass is 19.2. The average molecular weight is 294 g/mol. The monoisotopic (exact) mass is 294 g/mol. The van der Waals surface area contributed by atoms with Crippen LogP contribution in [0.4, 0.5) is 14.5 Å². The van der Waals surface area contributed by atoms with Crippen molar-refractivity contribution >= 4 is 17.5 Å². The SMILES string of the molecule is CCC1C(=O)NC(C2CC2)C(=O)N1c1ccc(F)c(F)c1. The molecule has 4 nitrogen and oxygen atoms in total. The van der Waals surface area contributed by atoms with Gasteiger partial charge in [-0.25, -0.2) is 8.78 Å². The molecular formula is C15H16F2N2O2. The lowest BCUT2D eigenvalue weighted by atomic mass is 10.0. The molecule has 2 unspecified atom stereocenters. The second kappa shape index (κ2) is 5.09. The van der Waals surface area contributed by atoms with Crippen LogP contribution >= 0.6 is 0 Å². The molecule has 1 aliphatic heterocycles. The third kappa shape index (κ3) is 2.39. The van der Waals surface area contributed by atoms with E-state index in [0.29, 0.717) is 6.42 Å². The molecule has 2 atom stereocenters. The number of rotatable bonds is 3. The molecule has 1 heterocycles. The standard InChI is InChI=1S/C15H16F2N2O2/c1-2-12-14(20)18-13(8-3-4-8)15(21)19(12)9-5-6-10(16)11(17)7-9/h5-8,12-13H,2-4H2,1H3,(H,18,20). The van der Waals surface area contributed by atoms with Gasteiger partial charge in [-0.1, -0.05) is 6.92 Å². The number of carbonyl (C=O) groups excluding carboxylic acids is 2. The first-order valence-corrected chi connectivity index (χ1v) is 7.11. The van der Waals surface area contributed by atoms with Gasteiger partial charge in [-0.3, -0.25) is 14.5 Å². The van der Waals surface area contributed by atoms with E-state index in [1.165, 1.54) is 11.0 Å². The van der Waals surface area contributed by atoms with Crippen LogP contribution in [0.1, 0.15) is 26.2 Å². The summed E-state index contributed by atoms with van der Waals surface area (Å²) in [4.78, 5) is 26.1. The second-order valence-corrected chi connectivity index (χ2v) is 5.55. The third-order valence-corrected chi connectivity index (χ3v) is 4.08. The summed E-state index contributed by atoms with van der Waals surface area (Å²) in [6.07, 6.45) is 2.21. The largest absolute Gasteiger partial charge is 0.342 e. The Balaban J connectivity index is 1.99. The van der Waals surface area contributed by atoms with E-state index in [2.05, 4.69) is 5.32 Å². The molecule has 3 rings (SSSR count). The number of anilines is 1. The van der Waals surface area contributed by atoms with Gasteiger partial charge in [0.05, 0.1) is 0 Å². The smallest absolute Gasteiger partial charge is 0.250 e.